The van der Waals surface area contributed by atoms with E-state index in [9.17, 15) is 4.79 Å². The number of thiophene rings is 1. The summed E-state index contributed by atoms with van der Waals surface area (Å²) in [6.45, 7) is 2.91. The molecule has 3 unspecified atom stereocenters. The van der Waals surface area contributed by atoms with E-state index in [-0.39, 0.29) is 18.0 Å². The fourth-order valence-corrected chi connectivity index (χ4v) is 4.21. The van der Waals surface area contributed by atoms with Gasteiger partial charge in [0.2, 0.25) is 5.91 Å². The maximum atomic E-state index is 12.7. The monoisotopic (exact) mass is 264 g/mol. The van der Waals surface area contributed by atoms with Crippen LogP contribution in [0, 0.1) is 0 Å². The van der Waals surface area contributed by atoms with Crippen molar-refractivity contribution in [3.8, 4) is 0 Å². The van der Waals surface area contributed by atoms with Gasteiger partial charge in [0, 0.05) is 23.5 Å². The smallest absolute Gasteiger partial charge is 0.230 e. The zero-order valence-corrected chi connectivity index (χ0v) is 11.6. The number of aryl methyl sites for hydroxylation is 1. The molecule has 3 rings (SSSR count). The predicted octanol–water partition coefficient (Wildman–Crippen LogP) is 2.12. The van der Waals surface area contributed by atoms with Crippen LogP contribution in [0.3, 0.4) is 0 Å². The van der Waals surface area contributed by atoms with Crippen molar-refractivity contribution in [2.45, 2.75) is 50.6 Å². The first kappa shape index (κ1) is 12.2. The van der Waals surface area contributed by atoms with Crippen molar-refractivity contribution in [1.82, 2.24) is 4.90 Å². The molecular weight excluding hydrogens is 244 g/mol. The number of fused-ring (bicyclic) bond motifs is 1. The van der Waals surface area contributed by atoms with Crippen molar-refractivity contribution in [3.05, 3.63) is 21.9 Å². The molecule has 2 N–H and O–H groups in total. The van der Waals surface area contributed by atoms with Crippen molar-refractivity contribution < 1.29 is 4.79 Å². The summed E-state index contributed by atoms with van der Waals surface area (Å²) in [5.74, 6) is 0.391. The number of hydrogen-bond donors (Lipinski definition) is 1. The van der Waals surface area contributed by atoms with E-state index in [1.165, 1.54) is 10.4 Å². The number of nitrogens with two attached hydrogens (primary N) is 1. The summed E-state index contributed by atoms with van der Waals surface area (Å²) in [7, 11) is 0. The molecule has 4 heteroatoms. The van der Waals surface area contributed by atoms with Gasteiger partial charge in [-0.15, -0.1) is 11.3 Å². The quantitative estimate of drug-likeness (QED) is 0.844. The molecule has 98 valence electrons. The van der Waals surface area contributed by atoms with Crippen molar-refractivity contribution >= 4 is 17.2 Å². The minimum atomic E-state index is 0.0905. The second kappa shape index (κ2) is 4.67. The van der Waals surface area contributed by atoms with E-state index in [2.05, 4.69) is 18.4 Å². The highest BCUT2D eigenvalue weighted by atomic mass is 32.1. The standard InChI is InChI=1S/C14H20N2OS/c1-9-12(15)5-7-16(9)14(17)11-3-2-4-13-10(11)6-8-18-13/h6,8-9,11-12H,2-5,7,15H2,1H3. The molecule has 1 aromatic heterocycles. The zero-order valence-electron chi connectivity index (χ0n) is 10.8. The average molecular weight is 264 g/mol. The lowest BCUT2D eigenvalue weighted by molar-refractivity contribution is -0.133. The SMILES string of the molecule is CC1C(N)CCN1C(=O)C1CCCc2sccc21. The van der Waals surface area contributed by atoms with Crippen LogP contribution in [0.1, 0.15) is 42.5 Å². The van der Waals surface area contributed by atoms with Gasteiger partial charge in [-0.25, -0.2) is 0 Å². The number of carbonyl (C=O) groups is 1. The molecule has 0 bridgehead atoms. The van der Waals surface area contributed by atoms with E-state index < -0.39 is 0 Å². The van der Waals surface area contributed by atoms with Crippen LogP contribution in [0.4, 0.5) is 0 Å². The highest BCUT2D eigenvalue weighted by Crippen LogP contribution is 2.37. The molecule has 2 aliphatic rings. The minimum absolute atomic E-state index is 0.0905. The lowest BCUT2D eigenvalue weighted by Crippen LogP contribution is -2.43. The normalized spacial score (nSPS) is 31.4. The number of carbonyl (C=O) groups excluding carboxylic acids is 1. The highest BCUT2D eigenvalue weighted by molar-refractivity contribution is 7.10. The first-order chi connectivity index (χ1) is 8.68. The Hall–Kier alpha value is -0.870. The third-order valence-corrected chi connectivity index (χ3v) is 5.44. The molecule has 2 heterocycles. The first-order valence-corrected chi connectivity index (χ1v) is 7.69. The van der Waals surface area contributed by atoms with Crippen LogP contribution in [0.25, 0.3) is 0 Å². The molecule has 0 radical (unpaired) electrons. The van der Waals surface area contributed by atoms with Gasteiger partial charge in [0.25, 0.3) is 0 Å². The van der Waals surface area contributed by atoms with Gasteiger partial charge < -0.3 is 10.6 Å². The molecule has 3 nitrogen and oxygen atoms in total. The summed E-state index contributed by atoms with van der Waals surface area (Å²) in [5.41, 5.74) is 7.30. The van der Waals surface area contributed by atoms with E-state index in [1.54, 1.807) is 11.3 Å². The van der Waals surface area contributed by atoms with Gasteiger partial charge in [0.15, 0.2) is 0 Å². The number of likely N-dealkylation sites (tertiary alicyclic amines) is 1. The first-order valence-electron chi connectivity index (χ1n) is 6.81. The Morgan fingerprint density at radius 3 is 3.06 bits per heavy atom. The summed E-state index contributed by atoms with van der Waals surface area (Å²) >= 11 is 1.79. The van der Waals surface area contributed by atoms with Crippen LogP contribution in [-0.4, -0.2) is 29.4 Å². The fourth-order valence-electron chi connectivity index (χ4n) is 3.22. The molecule has 1 saturated heterocycles. The van der Waals surface area contributed by atoms with Gasteiger partial charge in [-0.05, 0) is 49.6 Å². The van der Waals surface area contributed by atoms with E-state index >= 15 is 0 Å². The number of hydrogen-bond acceptors (Lipinski definition) is 3. The van der Waals surface area contributed by atoms with Gasteiger partial charge in [-0.3, -0.25) is 4.79 Å². The van der Waals surface area contributed by atoms with Crippen LogP contribution in [0.15, 0.2) is 11.4 Å². The second-order valence-electron chi connectivity index (χ2n) is 5.47. The Kier molecular flexibility index (Phi) is 3.16. The van der Waals surface area contributed by atoms with Crippen LogP contribution >= 0.6 is 11.3 Å². The van der Waals surface area contributed by atoms with Crippen molar-refractivity contribution in [1.29, 1.82) is 0 Å². The molecule has 1 amide bonds. The average Bonchev–Trinajstić information content (AvgIpc) is 2.96. The molecule has 1 aliphatic heterocycles. The second-order valence-corrected chi connectivity index (χ2v) is 6.47. The van der Waals surface area contributed by atoms with Crippen molar-refractivity contribution in [3.63, 3.8) is 0 Å². The van der Waals surface area contributed by atoms with Gasteiger partial charge in [0.1, 0.15) is 0 Å². The maximum Gasteiger partial charge on any atom is 0.230 e. The van der Waals surface area contributed by atoms with Crippen LogP contribution < -0.4 is 5.73 Å². The Morgan fingerprint density at radius 1 is 1.50 bits per heavy atom. The molecule has 1 fully saturated rings. The molecule has 18 heavy (non-hydrogen) atoms. The van der Waals surface area contributed by atoms with E-state index in [1.807, 2.05) is 4.90 Å². The molecule has 1 aliphatic carbocycles. The third kappa shape index (κ3) is 1.88. The number of rotatable bonds is 1. The lowest BCUT2D eigenvalue weighted by atomic mass is 9.86. The van der Waals surface area contributed by atoms with Gasteiger partial charge in [0.05, 0.1) is 5.92 Å². The van der Waals surface area contributed by atoms with Crippen molar-refractivity contribution in [2.24, 2.45) is 5.73 Å². The highest BCUT2D eigenvalue weighted by Gasteiger charge is 2.37. The Morgan fingerprint density at radius 2 is 2.33 bits per heavy atom. The summed E-state index contributed by atoms with van der Waals surface area (Å²) < 4.78 is 0. The van der Waals surface area contributed by atoms with Crippen LogP contribution in [-0.2, 0) is 11.2 Å². The summed E-state index contributed by atoms with van der Waals surface area (Å²) in [6, 6.07) is 2.49. The molecular formula is C14H20N2OS. The van der Waals surface area contributed by atoms with Crippen molar-refractivity contribution in [2.75, 3.05) is 6.54 Å². The summed E-state index contributed by atoms with van der Waals surface area (Å²) in [6.07, 6.45) is 4.22. The van der Waals surface area contributed by atoms with Gasteiger partial charge in [-0.1, -0.05) is 0 Å². The third-order valence-electron chi connectivity index (χ3n) is 4.45. The Labute approximate surface area is 112 Å². The Bertz CT molecular complexity index is 456. The lowest BCUT2D eigenvalue weighted by Gasteiger charge is -2.30. The number of amides is 1. The topological polar surface area (TPSA) is 46.3 Å². The molecule has 0 saturated carbocycles. The van der Waals surface area contributed by atoms with E-state index in [4.69, 9.17) is 5.73 Å². The molecule has 1 aromatic rings. The van der Waals surface area contributed by atoms with Gasteiger partial charge in [-0.2, -0.15) is 0 Å². The fraction of sp³-hybridized carbons (Fsp3) is 0.643. The minimum Gasteiger partial charge on any atom is -0.338 e. The molecule has 0 spiro atoms. The van der Waals surface area contributed by atoms with Crippen LogP contribution in [0.2, 0.25) is 0 Å². The zero-order chi connectivity index (χ0) is 12.7. The molecule has 0 aromatic carbocycles. The van der Waals surface area contributed by atoms with E-state index in [0.29, 0.717) is 5.91 Å². The van der Waals surface area contributed by atoms with E-state index in [0.717, 1.165) is 32.2 Å². The summed E-state index contributed by atoms with van der Waals surface area (Å²) in [5, 5.41) is 2.12. The van der Waals surface area contributed by atoms with Gasteiger partial charge >= 0.3 is 0 Å². The number of nitrogens with zero attached hydrogens (tertiary/aromatic N) is 1. The summed E-state index contributed by atoms with van der Waals surface area (Å²) in [4.78, 5) is 16.1. The largest absolute Gasteiger partial charge is 0.338 e. The predicted molar refractivity (Wildman–Crippen MR) is 73.8 cm³/mol. The maximum absolute atomic E-state index is 12.7. The van der Waals surface area contributed by atoms with Crippen LogP contribution in [0.5, 0.6) is 0 Å². The molecule has 3 atom stereocenters. The Balaban J connectivity index is 1.83.